The molecule has 0 unspecified atom stereocenters. The van der Waals surface area contributed by atoms with Gasteiger partial charge in [-0.3, -0.25) is 19.3 Å². The lowest BCUT2D eigenvalue weighted by atomic mass is 10.0. The molecule has 6 rings (SSSR count). The molecule has 6 aromatic carbocycles. The Morgan fingerprint density at radius 3 is 0.862 bits per heavy atom. The van der Waals surface area contributed by atoms with Gasteiger partial charge in [-0.15, -0.1) is 0 Å². The fourth-order valence-electron chi connectivity index (χ4n) is 6.45. The molecule has 3 amide bonds. The molecule has 7 nitrogen and oxygen atoms in total. The number of benzene rings is 6. The first-order valence-corrected chi connectivity index (χ1v) is 21.4. The number of hydrogen-bond donors (Lipinski definition) is 0. The molecule has 10 heteroatoms. The van der Waals surface area contributed by atoms with E-state index in [4.69, 9.17) is 0 Å². The van der Waals surface area contributed by atoms with E-state index in [0.29, 0.717) is 19.6 Å². The van der Waals surface area contributed by atoms with Crippen LogP contribution in [0.4, 0.5) is 14.4 Å². The third kappa shape index (κ3) is 10.6. The van der Waals surface area contributed by atoms with Gasteiger partial charge in [-0.25, -0.2) is 0 Å². The maximum atomic E-state index is 13.5. The normalized spacial score (nSPS) is 11.0. The van der Waals surface area contributed by atoms with Crippen LogP contribution >= 0.6 is 35.3 Å². The van der Waals surface area contributed by atoms with Gasteiger partial charge >= 0.3 is 0 Å². The van der Waals surface area contributed by atoms with Gasteiger partial charge in [-0.2, -0.15) is 0 Å². The van der Waals surface area contributed by atoms with Crippen LogP contribution in [-0.4, -0.2) is 77.6 Å². The first-order valence-electron chi connectivity index (χ1n) is 18.9. The van der Waals surface area contributed by atoms with E-state index in [-0.39, 0.29) is 15.7 Å². The number of hydrogen-bond acceptors (Lipinski definition) is 7. The van der Waals surface area contributed by atoms with Gasteiger partial charge in [0.15, 0.2) is 0 Å². The number of carbonyl (C=O) groups excluding carboxylic acids is 3. The highest BCUT2D eigenvalue weighted by atomic mass is 32.2. The zero-order chi connectivity index (χ0) is 41.2. The maximum absolute atomic E-state index is 13.5. The molecule has 0 N–H and O–H groups in total. The van der Waals surface area contributed by atoms with Crippen molar-refractivity contribution in [3.05, 3.63) is 162 Å². The lowest BCUT2D eigenvalue weighted by Crippen LogP contribution is -2.25. The van der Waals surface area contributed by atoms with Gasteiger partial charge in [0, 0.05) is 76.6 Å². The molecule has 0 fully saturated rings. The van der Waals surface area contributed by atoms with Crippen LogP contribution in [0.3, 0.4) is 0 Å². The summed E-state index contributed by atoms with van der Waals surface area (Å²) in [5.41, 5.74) is 9.02. The van der Waals surface area contributed by atoms with Crippen LogP contribution in [0.1, 0.15) is 16.7 Å². The van der Waals surface area contributed by atoms with E-state index in [1.807, 2.05) is 54.6 Å². The number of amides is 3. The van der Waals surface area contributed by atoms with Crippen molar-refractivity contribution in [3.8, 4) is 33.4 Å². The molecule has 0 aliphatic heterocycles. The molecule has 0 aromatic heterocycles. The highest BCUT2D eigenvalue weighted by Crippen LogP contribution is 2.41. The van der Waals surface area contributed by atoms with Crippen LogP contribution in [0, 0.1) is 0 Å². The van der Waals surface area contributed by atoms with Crippen LogP contribution < -0.4 is 0 Å². The molecule has 0 bridgehead atoms. The average molecular weight is 825 g/mol. The van der Waals surface area contributed by atoms with E-state index in [0.717, 1.165) is 64.8 Å². The first kappa shape index (κ1) is 42.3. The van der Waals surface area contributed by atoms with Crippen LogP contribution in [0.25, 0.3) is 33.4 Å². The Hall–Kier alpha value is -5.26. The fraction of sp³-hybridized carbons (Fsp3) is 0.188. The summed E-state index contributed by atoms with van der Waals surface area (Å²) in [5, 5.41) is -0.197. The standard InChI is InChI=1S/C48H48N4O3S3/c1-49(2)46(53)56-43-37(25-16-28-40(43)34-19-10-7-11-20-34)31-52(32-38-26-17-29-41(35-21-12-8-13-22-35)44(38)57-47(54)50(3)4)33-39-27-18-30-42(36-23-14-9-15-24-36)45(39)58-48(55)51(5)6/h7-30H,31-33H2,1-6H3. The second kappa shape index (κ2) is 19.9. The Morgan fingerprint density at radius 2 is 0.621 bits per heavy atom. The summed E-state index contributed by atoms with van der Waals surface area (Å²) in [5.74, 6) is 0. The van der Waals surface area contributed by atoms with Crippen molar-refractivity contribution in [2.75, 3.05) is 42.3 Å². The molecule has 0 aliphatic carbocycles. The number of nitrogens with zero attached hydrogens (tertiary/aromatic N) is 4. The average Bonchev–Trinajstić information content (AvgIpc) is 3.23. The minimum absolute atomic E-state index is 0.0657. The Kier molecular flexibility index (Phi) is 14.6. The van der Waals surface area contributed by atoms with E-state index in [1.54, 1.807) is 57.0 Å². The smallest absolute Gasteiger partial charge is 0.285 e. The third-order valence-electron chi connectivity index (χ3n) is 9.39. The molecule has 296 valence electrons. The minimum Gasteiger partial charge on any atom is -0.339 e. The summed E-state index contributed by atoms with van der Waals surface area (Å²) in [6.45, 7) is 1.44. The Labute approximate surface area is 355 Å². The third-order valence-corrected chi connectivity index (χ3v) is 13.1. The zero-order valence-electron chi connectivity index (χ0n) is 33.7. The van der Waals surface area contributed by atoms with Gasteiger partial charge in [0.2, 0.25) is 0 Å². The Morgan fingerprint density at radius 1 is 0.362 bits per heavy atom. The van der Waals surface area contributed by atoms with Crippen molar-refractivity contribution in [2.45, 2.75) is 34.3 Å². The minimum atomic E-state index is -0.0657. The molecule has 6 aromatic rings. The molecule has 0 radical (unpaired) electrons. The van der Waals surface area contributed by atoms with Gasteiger partial charge in [-0.05, 0) is 85.4 Å². The second-order valence-electron chi connectivity index (χ2n) is 14.4. The van der Waals surface area contributed by atoms with Crippen molar-refractivity contribution in [1.82, 2.24) is 19.6 Å². The van der Waals surface area contributed by atoms with E-state index >= 15 is 0 Å². The van der Waals surface area contributed by atoms with Crippen LogP contribution in [0.2, 0.25) is 0 Å². The van der Waals surface area contributed by atoms with Crippen molar-refractivity contribution in [1.29, 1.82) is 0 Å². The van der Waals surface area contributed by atoms with E-state index < -0.39 is 0 Å². The summed E-state index contributed by atoms with van der Waals surface area (Å²) < 4.78 is 0. The van der Waals surface area contributed by atoms with Crippen molar-refractivity contribution < 1.29 is 14.4 Å². The van der Waals surface area contributed by atoms with Gasteiger partial charge in [-0.1, -0.05) is 146 Å². The van der Waals surface area contributed by atoms with Gasteiger partial charge in [0.25, 0.3) is 15.7 Å². The molecule has 0 saturated carbocycles. The lowest BCUT2D eigenvalue weighted by molar-refractivity contribution is 0.240. The Bertz CT molecular complexity index is 2090. The lowest BCUT2D eigenvalue weighted by Gasteiger charge is -2.28. The second-order valence-corrected chi connectivity index (χ2v) is 17.3. The number of rotatable bonds is 12. The van der Waals surface area contributed by atoms with Gasteiger partial charge in [0.1, 0.15) is 0 Å². The molecular formula is C48H48N4O3S3. The monoisotopic (exact) mass is 824 g/mol. The summed E-state index contributed by atoms with van der Waals surface area (Å²) in [4.78, 5) is 50.2. The Balaban J connectivity index is 1.53. The van der Waals surface area contributed by atoms with Gasteiger partial charge < -0.3 is 14.7 Å². The highest BCUT2D eigenvalue weighted by Gasteiger charge is 2.24. The molecule has 0 spiro atoms. The highest BCUT2D eigenvalue weighted by molar-refractivity contribution is 8.14. The van der Waals surface area contributed by atoms with E-state index in [2.05, 4.69) is 95.9 Å². The number of thioether (sulfide) groups is 3. The number of carbonyl (C=O) groups is 3. The van der Waals surface area contributed by atoms with Crippen molar-refractivity contribution >= 4 is 51.0 Å². The first-order chi connectivity index (χ1) is 28.0. The largest absolute Gasteiger partial charge is 0.339 e. The molecule has 0 saturated heterocycles. The molecule has 0 heterocycles. The predicted molar refractivity (Wildman–Crippen MR) is 243 cm³/mol. The quantitative estimate of drug-likeness (QED) is 0.114. The van der Waals surface area contributed by atoms with Crippen LogP contribution in [0.5, 0.6) is 0 Å². The summed E-state index contributed by atoms with van der Waals surface area (Å²) in [6, 6.07) is 49.2. The topological polar surface area (TPSA) is 64.2 Å². The SMILES string of the molecule is CN(C)C(=O)Sc1c(CN(Cc2cccc(-c3ccccc3)c2SC(=O)N(C)C)Cc2cccc(-c3ccccc3)c2SC(=O)N(C)C)cccc1-c1ccccc1. The molecule has 0 atom stereocenters. The molecule has 0 aliphatic rings. The molecular weight excluding hydrogens is 777 g/mol. The fourth-order valence-corrected chi connectivity index (χ4v) is 9.20. The summed E-state index contributed by atoms with van der Waals surface area (Å²) in [6.07, 6.45) is 0. The molecule has 58 heavy (non-hydrogen) atoms. The van der Waals surface area contributed by atoms with Crippen LogP contribution in [-0.2, 0) is 19.6 Å². The van der Waals surface area contributed by atoms with Crippen LogP contribution in [0.15, 0.2) is 160 Å². The van der Waals surface area contributed by atoms with Crippen molar-refractivity contribution in [3.63, 3.8) is 0 Å². The maximum Gasteiger partial charge on any atom is 0.285 e. The van der Waals surface area contributed by atoms with Gasteiger partial charge in [0.05, 0.1) is 0 Å². The summed E-state index contributed by atoms with van der Waals surface area (Å²) >= 11 is 3.71. The zero-order valence-corrected chi connectivity index (χ0v) is 36.2. The summed E-state index contributed by atoms with van der Waals surface area (Å²) in [7, 11) is 10.6. The predicted octanol–water partition coefficient (Wildman–Crippen LogP) is 12.2. The van der Waals surface area contributed by atoms with Crippen molar-refractivity contribution in [2.24, 2.45) is 0 Å². The van der Waals surface area contributed by atoms with E-state index in [1.165, 1.54) is 35.3 Å². The van der Waals surface area contributed by atoms with E-state index in [9.17, 15) is 14.4 Å².